The van der Waals surface area contributed by atoms with Crippen LogP contribution in [-0.2, 0) is 0 Å². The number of methoxy groups -OCH3 is 3. The number of carbonyl (C=O) groups excluding carboxylic acids is 1. The molecule has 5 rings (SSSR count). The number of ether oxygens (including phenoxy) is 3. The SMILES string of the molecule is COc1cc(NC(=O)c2ccc3ncc4c(=O)n(-c5ccc(C)c(C)c5)[nH]c4c3c2)cc(OC)c1OC. The molecule has 0 aliphatic heterocycles. The minimum atomic E-state index is -0.343. The number of anilines is 1. The summed E-state index contributed by atoms with van der Waals surface area (Å²) in [6, 6.07) is 14.3. The number of pyridine rings is 1. The molecule has 0 saturated carbocycles. The number of nitrogens with one attached hydrogen (secondary N) is 2. The fourth-order valence-corrected chi connectivity index (χ4v) is 4.30. The number of hydrogen-bond acceptors (Lipinski definition) is 6. The number of rotatable bonds is 6. The van der Waals surface area contributed by atoms with Crippen LogP contribution in [0.25, 0.3) is 27.5 Å². The lowest BCUT2D eigenvalue weighted by molar-refractivity contribution is 0.102. The molecule has 5 aromatic rings. The predicted octanol–water partition coefficient (Wildman–Crippen LogP) is 4.76. The summed E-state index contributed by atoms with van der Waals surface area (Å²) in [7, 11) is 4.53. The van der Waals surface area contributed by atoms with Crippen LogP contribution in [0, 0.1) is 13.8 Å². The molecule has 0 aliphatic rings. The van der Waals surface area contributed by atoms with Gasteiger partial charge in [0.25, 0.3) is 11.5 Å². The van der Waals surface area contributed by atoms with Gasteiger partial charge >= 0.3 is 0 Å². The third-order valence-electron chi connectivity index (χ3n) is 6.46. The second-order valence-corrected chi connectivity index (χ2v) is 8.67. The molecule has 2 heterocycles. The number of benzene rings is 3. The molecule has 0 unspecified atom stereocenters. The summed E-state index contributed by atoms with van der Waals surface area (Å²) in [6.45, 7) is 4.03. The van der Waals surface area contributed by atoms with E-state index in [1.54, 1.807) is 36.5 Å². The molecule has 2 aromatic heterocycles. The maximum Gasteiger partial charge on any atom is 0.280 e. The molecule has 0 atom stereocenters. The highest BCUT2D eigenvalue weighted by molar-refractivity contribution is 6.10. The quantitative estimate of drug-likeness (QED) is 0.350. The minimum absolute atomic E-state index is 0.208. The molecule has 37 heavy (non-hydrogen) atoms. The molecule has 1 amide bonds. The van der Waals surface area contributed by atoms with Crippen LogP contribution in [0.15, 0.2) is 59.5 Å². The van der Waals surface area contributed by atoms with Gasteiger partial charge in [-0.2, -0.15) is 0 Å². The van der Waals surface area contributed by atoms with E-state index in [2.05, 4.69) is 15.4 Å². The molecule has 9 nitrogen and oxygen atoms in total. The smallest absolute Gasteiger partial charge is 0.280 e. The van der Waals surface area contributed by atoms with Crippen molar-refractivity contribution in [2.75, 3.05) is 26.6 Å². The Labute approximate surface area is 212 Å². The van der Waals surface area contributed by atoms with Crippen LogP contribution >= 0.6 is 0 Å². The van der Waals surface area contributed by atoms with E-state index in [1.165, 1.54) is 26.0 Å². The van der Waals surface area contributed by atoms with Crippen LogP contribution in [0.2, 0.25) is 0 Å². The fraction of sp³-hybridized carbons (Fsp3) is 0.179. The van der Waals surface area contributed by atoms with Gasteiger partial charge in [-0.1, -0.05) is 6.07 Å². The second kappa shape index (κ2) is 9.34. The van der Waals surface area contributed by atoms with Crippen LogP contribution in [0.1, 0.15) is 21.5 Å². The van der Waals surface area contributed by atoms with Gasteiger partial charge in [0.1, 0.15) is 0 Å². The predicted molar refractivity (Wildman–Crippen MR) is 143 cm³/mol. The largest absolute Gasteiger partial charge is 0.493 e. The Morgan fingerprint density at radius 1 is 0.892 bits per heavy atom. The summed E-state index contributed by atoms with van der Waals surface area (Å²) in [5.74, 6) is 0.933. The zero-order valence-electron chi connectivity index (χ0n) is 21.1. The highest BCUT2D eigenvalue weighted by atomic mass is 16.5. The number of H-pyrrole nitrogens is 1. The van der Waals surface area contributed by atoms with Gasteiger partial charge in [0, 0.05) is 35.0 Å². The second-order valence-electron chi connectivity index (χ2n) is 8.67. The van der Waals surface area contributed by atoms with Crippen LogP contribution < -0.4 is 25.1 Å². The van der Waals surface area contributed by atoms with E-state index < -0.39 is 0 Å². The third-order valence-corrected chi connectivity index (χ3v) is 6.46. The number of aromatic amines is 1. The molecule has 0 saturated heterocycles. The molecule has 0 aliphatic carbocycles. The molecule has 0 bridgehead atoms. The number of carbonyl (C=O) groups is 1. The maximum atomic E-state index is 13.2. The highest BCUT2D eigenvalue weighted by Crippen LogP contribution is 2.40. The lowest BCUT2D eigenvalue weighted by Crippen LogP contribution is -2.14. The first-order chi connectivity index (χ1) is 17.8. The number of nitrogens with zero attached hydrogens (tertiary/aromatic N) is 2. The van der Waals surface area contributed by atoms with Crippen molar-refractivity contribution in [2.45, 2.75) is 13.8 Å². The van der Waals surface area contributed by atoms with E-state index in [-0.39, 0.29) is 11.5 Å². The summed E-state index contributed by atoms with van der Waals surface area (Å²) in [5, 5.41) is 7.19. The van der Waals surface area contributed by atoms with Crippen molar-refractivity contribution >= 4 is 33.4 Å². The Morgan fingerprint density at radius 3 is 2.27 bits per heavy atom. The van der Waals surface area contributed by atoms with E-state index in [0.29, 0.717) is 50.3 Å². The van der Waals surface area contributed by atoms with E-state index in [0.717, 1.165) is 16.8 Å². The number of aryl methyl sites for hydroxylation is 2. The van der Waals surface area contributed by atoms with Gasteiger partial charge in [-0.25, -0.2) is 4.68 Å². The van der Waals surface area contributed by atoms with Crippen molar-refractivity contribution in [2.24, 2.45) is 0 Å². The average Bonchev–Trinajstić information content (AvgIpc) is 3.25. The van der Waals surface area contributed by atoms with Gasteiger partial charge in [-0.05, 0) is 55.3 Å². The number of amides is 1. The molecule has 2 N–H and O–H groups in total. The van der Waals surface area contributed by atoms with Crippen molar-refractivity contribution in [1.82, 2.24) is 14.8 Å². The average molecular weight is 499 g/mol. The summed E-state index contributed by atoms with van der Waals surface area (Å²) in [5.41, 5.74) is 4.88. The van der Waals surface area contributed by atoms with E-state index in [4.69, 9.17) is 14.2 Å². The Hall–Kier alpha value is -4.79. The molecular formula is C28H26N4O5. The lowest BCUT2D eigenvalue weighted by Gasteiger charge is -2.14. The van der Waals surface area contributed by atoms with Gasteiger partial charge in [-0.3, -0.25) is 19.7 Å². The van der Waals surface area contributed by atoms with E-state index >= 15 is 0 Å². The lowest BCUT2D eigenvalue weighted by atomic mass is 10.1. The highest BCUT2D eigenvalue weighted by Gasteiger charge is 2.17. The molecule has 0 spiro atoms. The minimum Gasteiger partial charge on any atom is -0.493 e. The first-order valence-corrected chi connectivity index (χ1v) is 11.6. The van der Waals surface area contributed by atoms with Gasteiger partial charge in [0.2, 0.25) is 5.75 Å². The van der Waals surface area contributed by atoms with Crippen molar-refractivity contribution in [3.05, 3.63) is 81.8 Å². The first-order valence-electron chi connectivity index (χ1n) is 11.6. The third kappa shape index (κ3) is 4.14. The van der Waals surface area contributed by atoms with Crippen molar-refractivity contribution in [3.63, 3.8) is 0 Å². The van der Waals surface area contributed by atoms with Crippen molar-refractivity contribution < 1.29 is 19.0 Å². The molecule has 0 fully saturated rings. The number of fused-ring (bicyclic) bond motifs is 3. The summed E-state index contributed by atoms with van der Waals surface area (Å²) in [4.78, 5) is 30.8. The van der Waals surface area contributed by atoms with Crippen molar-refractivity contribution in [1.29, 1.82) is 0 Å². The fourth-order valence-electron chi connectivity index (χ4n) is 4.30. The van der Waals surface area contributed by atoms with Gasteiger partial charge in [0.05, 0.1) is 43.4 Å². The normalized spacial score (nSPS) is 11.1. The number of aromatic nitrogens is 3. The standard InChI is InChI=1S/C28H26N4O5/c1-15-6-8-19(10-16(15)2)32-28(34)21-14-29-22-9-7-17(11-20(22)25(21)31-32)27(33)30-18-12-23(35-3)26(37-5)24(13-18)36-4/h6-14,31H,1-5H3,(H,30,33). The van der Waals surface area contributed by atoms with Crippen LogP contribution in [-0.4, -0.2) is 42.0 Å². The van der Waals surface area contributed by atoms with E-state index in [9.17, 15) is 9.59 Å². The Bertz CT molecular complexity index is 1710. The Balaban J connectivity index is 1.56. The molecule has 0 radical (unpaired) electrons. The Kier molecular flexibility index (Phi) is 6.04. The topological polar surface area (TPSA) is 107 Å². The zero-order valence-corrected chi connectivity index (χ0v) is 21.1. The van der Waals surface area contributed by atoms with Gasteiger partial charge in [0.15, 0.2) is 11.5 Å². The van der Waals surface area contributed by atoms with Crippen LogP contribution in [0.4, 0.5) is 5.69 Å². The zero-order chi connectivity index (χ0) is 26.3. The molecule has 3 aromatic carbocycles. The van der Waals surface area contributed by atoms with Gasteiger partial charge in [-0.15, -0.1) is 0 Å². The molecular weight excluding hydrogens is 472 g/mol. The van der Waals surface area contributed by atoms with Gasteiger partial charge < -0.3 is 19.5 Å². The number of hydrogen-bond donors (Lipinski definition) is 2. The Morgan fingerprint density at radius 2 is 1.62 bits per heavy atom. The summed E-state index contributed by atoms with van der Waals surface area (Å²) < 4.78 is 17.6. The first kappa shape index (κ1) is 23.9. The van der Waals surface area contributed by atoms with Crippen LogP contribution in [0.5, 0.6) is 17.2 Å². The molecule has 9 heteroatoms. The van der Waals surface area contributed by atoms with E-state index in [1.807, 2.05) is 32.0 Å². The monoisotopic (exact) mass is 498 g/mol. The van der Waals surface area contributed by atoms with Crippen LogP contribution in [0.3, 0.4) is 0 Å². The summed E-state index contributed by atoms with van der Waals surface area (Å²) in [6.07, 6.45) is 1.56. The van der Waals surface area contributed by atoms with Crippen molar-refractivity contribution in [3.8, 4) is 22.9 Å². The molecule has 188 valence electrons. The maximum absolute atomic E-state index is 13.2. The summed E-state index contributed by atoms with van der Waals surface area (Å²) >= 11 is 0.